The Labute approximate surface area is 122 Å². The quantitative estimate of drug-likeness (QED) is 0.827. The van der Waals surface area contributed by atoms with Gasteiger partial charge in [0.25, 0.3) is 0 Å². The van der Waals surface area contributed by atoms with Gasteiger partial charge in [0.05, 0.1) is 0 Å². The normalized spacial score (nSPS) is 17.2. The molecule has 1 amide bonds. The first-order valence-corrected chi connectivity index (χ1v) is 7.46. The Bertz CT molecular complexity index is 479. The summed E-state index contributed by atoms with van der Waals surface area (Å²) in [6.07, 6.45) is 2.12. The van der Waals surface area contributed by atoms with Crippen molar-refractivity contribution in [3.8, 4) is 0 Å². The van der Waals surface area contributed by atoms with E-state index in [1.807, 2.05) is 4.90 Å². The van der Waals surface area contributed by atoms with Gasteiger partial charge in [-0.3, -0.25) is 4.79 Å². The van der Waals surface area contributed by atoms with Crippen molar-refractivity contribution >= 4 is 11.6 Å². The zero-order valence-corrected chi connectivity index (χ0v) is 13.4. The SMILES string of the molecule is CC(=O)N(c1c(C)cc(C)cc1C)C1CCN(C)CC1. The zero-order valence-electron chi connectivity index (χ0n) is 13.4. The molecule has 0 aliphatic carbocycles. The predicted molar refractivity (Wildman–Crippen MR) is 84.3 cm³/mol. The number of benzene rings is 1. The number of anilines is 1. The van der Waals surface area contributed by atoms with Crippen molar-refractivity contribution in [1.29, 1.82) is 0 Å². The van der Waals surface area contributed by atoms with Crippen molar-refractivity contribution in [3.05, 3.63) is 28.8 Å². The average molecular weight is 274 g/mol. The monoisotopic (exact) mass is 274 g/mol. The largest absolute Gasteiger partial charge is 0.309 e. The average Bonchev–Trinajstić information content (AvgIpc) is 2.34. The Kier molecular flexibility index (Phi) is 4.48. The van der Waals surface area contributed by atoms with E-state index in [4.69, 9.17) is 0 Å². The first-order valence-electron chi connectivity index (χ1n) is 7.46. The summed E-state index contributed by atoms with van der Waals surface area (Å²) in [6, 6.07) is 4.68. The molecule has 1 aromatic carbocycles. The number of carbonyl (C=O) groups is 1. The van der Waals surface area contributed by atoms with E-state index >= 15 is 0 Å². The number of hydrogen-bond donors (Lipinski definition) is 0. The third-order valence-electron chi connectivity index (χ3n) is 4.27. The van der Waals surface area contributed by atoms with Gasteiger partial charge in [-0.15, -0.1) is 0 Å². The maximum Gasteiger partial charge on any atom is 0.224 e. The summed E-state index contributed by atoms with van der Waals surface area (Å²) in [5.74, 6) is 0.162. The van der Waals surface area contributed by atoms with Crippen LogP contribution < -0.4 is 4.90 Å². The van der Waals surface area contributed by atoms with Gasteiger partial charge in [-0.05, 0) is 64.9 Å². The Balaban J connectivity index is 2.37. The van der Waals surface area contributed by atoms with E-state index in [0.717, 1.165) is 31.6 Å². The van der Waals surface area contributed by atoms with Gasteiger partial charge in [0, 0.05) is 18.7 Å². The molecule has 0 radical (unpaired) electrons. The van der Waals surface area contributed by atoms with Crippen LogP contribution in [-0.2, 0) is 4.79 Å². The zero-order chi connectivity index (χ0) is 14.9. The predicted octanol–water partition coefficient (Wildman–Crippen LogP) is 3.06. The van der Waals surface area contributed by atoms with Crippen molar-refractivity contribution in [2.24, 2.45) is 0 Å². The Morgan fingerprint density at radius 3 is 2.10 bits per heavy atom. The molecule has 0 aromatic heterocycles. The molecule has 1 aliphatic heterocycles. The summed E-state index contributed by atoms with van der Waals surface area (Å²) in [4.78, 5) is 16.6. The van der Waals surface area contributed by atoms with Gasteiger partial charge in [-0.1, -0.05) is 17.7 Å². The van der Waals surface area contributed by atoms with E-state index in [9.17, 15) is 4.79 Å². The van der Waals surface area contributed by atoms with E-state index in [0.29, 0.717) is 6.04 Å². The van der Waals surface area contributed by atoms with E-state index in [-0.39, 0.29) is 5.91 Å². The topological polar surface area (TPSA) is 23.6 Å². The lowest BCUT2D eigenvalue weighted by Crippen LogP contribution is -2.46. The second kappa shape index (κ2) is 5.96. The lowest BCUT2D eigenvalue weighted by molar-refractivity contribution is -0.117. The number of carbonyl (C=O) groups excluding carboxylic acids is 1. The van der Waals surface area contributed by atoms with Gasteiger partial charge in [-0.25, -0.2) is 0 Å². The summed E-state index contributed by atoms with van der Waals surface area (Å²) in [5, 5.41) is 0. The van der Waals surface area contributed by atoms with E-state index in [1.165, 1.54) is 16.7 Å². The van der Waals surface area contributed by atoms with E-state index in [1.54, 1.807) is 6.92 Å². The van der Waals surface area contributed by atoms with E-state index < -0.39 is 0 Å². The third-order valence-corrected chi connectivity index (χ3v) is 4.27. The van der Waals surface area contributed by atoms with Crippen LogP contribution in [0.2, 0.25) is 0 Å². The maximum absolute atomic E-state index is 12.2. The minimum Gasteiger partial charge on any atom is -0.309 e. The Morgan fingerprint density at radius 2 is 1.65 bits per heavy atom. The minimum atomic E-state index is 0.162. The number of piperidine rings is 1. The number of nitrogens with zero attached hydrogens (tertiary/aromatic N) is 2. The molecule has 0 unspecified atom stereocenters. The van der Waals surface area contributed by atoms with Crippen molar-refractivity contribution in [2.45, 2.75) is 46.6 Å². The third kappa shape index (κ3) is 3.04. The van der Waals surface area contributed by atoms with Gasteiger partial charge in [0.1, 0.15) is 0 Å². The van der Waals surface area contributed by atoms with Crippen LogP contribution in [0, 0.1) is 20.8 Å². The second-order valence-electron chi connectivity index (χ2n) is 6.17. The van der Waals surface area contributed by atoms with Gasteiger partial charge in [0.15, 0.2) is 0 Å². The maximum atomic E-state index is 12.2. The molecule has 3 nitrogen and oxygen atoms in total. The van der Waals surface area contributed by atoms with Crippen LogP contribution in [-0.4, -0.2) is 37.0 Å². The molecule has 0 saturated carbocycles. The van der Waals surface area contributed by atoms with Gasteiger partial charge in [0.2, 0.25) is 5.91 Å². The smallest absolute Gasteiger partial charge is 0.224 e. The summed E-state index contributed by atoms with van der Waals surface area (Å²) >= 11 is 0. The molecule has 3 heteroatoms. The van der Waals surface area contributed by atoms with Crippen LogP contribution in [0.3, 0.4) is 0 Å². The molecule has 2 rings (SSSR count). The van der Waals surface area contributed by atoms with Crippen molar-refractivity contribution in [3.63, 3.8) is 0 Å². The fraction of sp³-hybridized carbons (Fsp3) is 0.588. The summed E-state index contributed by atoms with van der Waals surface area (Å²) in [7, 11) is 2.15. The van der Waals surface area contributed by atoms with E-state index in [2.05, 4.69) is 44.9 Å². The molecule has 1 aromatic rings. The van der Waals surface area contributed by atoms with Crippen LogP contribution in [0.15, 0.2) is 12.1 Å². The van der Waals surface area contributed by atoms with Gasteiger partial charge in [-0.2, -0.15) is 0 Å². The first-order chi connectivity index (χ1) is 9.40. The minimum absolute atomic E-state index is 0.162. The number of amides is 1. The molecular formula is C17H26N2O. The Morgan fingerprint density at radius 1 is 1.15 bits per heavy atom. The standard InChI is InChI=1S/C17H26N2O/c1-12-10-13(2)17(14(3)11-12)19(15(4)20)16-6-8-18(5)9-7-16/h10-11,16H,6-9H2,1-5H3. The van der Waals surface area contributed by atoms with Crippen LogP contribution >= 0.6 is 0 Å². The Hall–Kier alpha value is -1.35. The molecule has 0 N–H and O–H groups in total. The summed E-state index contributed by atoms with van der Waals surface area (Å²) < 4.78 is 0. The van der Waals surface area contributed by atoms with Crippen LogP contribution in [0.4, 0.5) is 5.69 Å². The molecule has 1 saturated heterocycles. The molecule has 0 bridgehead atoms. The molecule has 20 heavy (non-hydrogen) atoms. The molecule has 1 heterocycles. The van der Waals surface area contributed by atoms with Crippen molar-refractivity contribution in [2.75, 3.05) is 25.0 Å². The molecule has 0 atom stereocenters. The number of rotatable bonds is 2. The number of aryl methyl sites for hydroxylation is 3. The summed E-state index contributed by atoms with van der Waals surface area (Å²) in [5.41, 5.74) is 4.79. The van der Waals surface area contributed by atoms with Gasteiger partial charge >= 0.3 is 0 Å². The first kappa shape index (κ1) is 15.0. The summed E-state index contributed by atoms with van der Waals surface area (Å²) in [6.45, 7) is 10.2. The highest BCUT2D eigenvalue weighted by Crippen LogP contribution is 2.30. The molecule has 1 aliphatic rings. The van der Waals surface area contributed by atoms with Crippen LogP contribution in [0.5, 0.6) is 0 Å². The lowest BCUT2D eigenvalue weighted by Gasteiger charge is -2.38. The molecule has 1 fully saturated rings. The lowest BCUT2D eigenvalue weighted by atomic mass is 9.98. The fourth-order valence-corrected chi connectivity index (χ4v) is 3.40. The number of hydrogen-bond acceptors (Lipinski definition) is 2. The fourth-order valence-electron chi connectivity index (χ4n) is 3.40. The molecule has 110 valence electrons. The highest BCUT2D eigenvalue weighted by molar-refractivity contribution is 5.94. The van der Waals surface area contributed by atoms with Crippen molar-refractivity contribution in [1.82, 2.24) is 4.90 Å². The highest BCUT2D eigenvalue weighted by atomic mass is 16.2. The number of likely N-dealkylation sites (tertiary alicyclic amines) is 1. The highest BCUT2D eigenvalue weighted by Gasteiger charge is 2.28. The van der Waals surface area contributed by atoms with Crippen LogP contribution in [0.1, 0.15) is 36.5 Å². The van der Waals surface area contributed by atoms with Crippen molar-refractivity contribution < 1.29 is 4.79 Å². The molecular weight excluding hydrogens is 248 g/mol. The second-order valence-corrected chi connectivity index (χ2v) is 6.17. The van der Waals surface area contributed by atoms with Crippen LogP contribution in [0.25, 0.3) is 0 Å². The van der Waals surface area contributed by atoms with Gasteiger partial charge < -0.3 is 9.80 Å². The molecule has 0 spiro atoms.